The molecular formula is C51H55B2NO. The molecule has 0 saturated heterocycles. The normalized spacial score (nSPS) is 13.4. The van der Waals surface area contributed by atoms with Crippen molar-refractivity contribution in [3.63, 3.8) is 0 Å². The maximum atomic E-state index is 6.53. The molecule has 276 valence electrons. The van der Waals surface area contributed by atoms with E-state index in [2.05, 4.69) is 195 Å². The molecule has 0 unspecified atom stereocenters. The lowest BCUT2D eigenvalue weighted by atomic mass is 9.33. The minimum atomic E-state index is 0.0769. The lowest BCUT2D eigenvalue weighted by Crippen LogP contribution is -2.59. The molecule has 0 amide bonds. The van der Waals surface area contributed by atoms with Crippen LogP contribution in [0.3, 0.4) is 0 Å². The van der Waals surface area contributed by atoms with Crippen LogP contribution >= 0.6 is 0 Å². The average Bonchev–Trinajstić information content (AvgIpc) is 3.17. The molecule has 0 bridgehead atoms. The van der Waals surface area contributed by atoms with Crippen molar-refractivity contribution in [2.24, 2.45) is 0 Å². The van der Waals surface area contributed by atoms with E-state index < -0.39 is 0 Å². The van der Waals surface area contributed by atoms with E-state index in [4.69, 9.17) is 4.74 Å². The van der Waals surface area contributed by atoms with Gasteiger partial charge in [0.1, 0.15) is 11.5 Å². The molecule has 0 fully saturated rings. The molecule has 55 heavy (non-hydrogen) atoms. The van der Waals surface area contributed by atoms with Gasteiger partial charge in [0.15, 0.2) is 0 Å². The van der Waals surface area contributed by atoms with Crippen molar-refractivity contribution in [2.75, 3.05) is 4.90 Å². The predicted octanol–water partition coefficient (Wildman–Crippen LogP) is 10.2. The highest BCUT2D eigenvalue weighted by Gasteiger charge is 2.40. The van der Waals surface area contributed by atoms with E-state index in [-0.39, 0.29) is 13.4 Å². The van der Waals surface area contributed by atoms with Gasteiger partial charge >= 0.3 is 0 Å². The maximum Gasteiger partial charge on any atom is 0.251 e. The first-order valence-corrected chi connectivity index (χ1v) is 20.6. The standard InChI is InChI=1S/C51H55B2NO/c1-31(2)36-27-38(32(3)4)50(39(28-36)33(5)6)52-42-19-11-15-23-46(42)54(47-24-16-12-20-43(47)52)37-29-40(34(7)8)51(41(30-37)35(9)10)53-44-21-13-17-25-48(44)55-49-26-18-14-22-45(49)53/h11-35H,1-10H3. The van der Waals surface area contributed by atoms with E-state index in [9.17, 15) is 0 Å². The molecule has 0 saturated carbocycles. The number of fused-ring (bicyclic) bond motifs is 4. The summed E-state index contributed by atoms with van der Waals surface area (Å²) in [5.41, 5.74) is 19.1. The molecule has 0 atom stereocenters. The van der Waals surface area contributed by atoms with Crippen molar-refractivity contribution in [3.8, 4) is 11.5 Å². The summed E-state index contributed by atoms with van der Waals surface area (Å²) < 4.78 is 6.53. The highest BCUT2D eigenvalue weighted by atomic mass is 16.5. The van der Waals surface area contributed by atoms with Gasteiger partial charge in [-0.05, 0) is 116 Å². The Morgan fingerprint density at radius 1 is 0.400 bits per heavy atom. The molecule has 6 aromatic carbocycles. The van der Waals surface area contributed by atoms with Gasteiger partial charge in [-0.3, -0.25) is 0 Å². The van der Waals surface area contributed by atoms with Crippen LogP contribution in [-0.2, 0) is 0 Å². The van der Waals surface area contributed by atoms with E-state index in [1.54, 1.807) is 0 Å². The van der Waals surface area contributed by atoms with Gasteiger partial charge < -0.3 is 9.64 Å². The highest BCUT2D eigenvalue weighted by Crippen LogP contribution is 2.40. The van der Waals surface area contributed by atoms with E-state index in [0.717, 1.165) is 11.5 Å². The Bertz CT molecular complexity index is 2240. The maximum absolute atomic E-state index is 6.53. The minimum Gasteiger partial charge on any atom is -0.458 e. The van der Waals surface area contributed by atoms with Crippen molar-refractivity contribution >= 4 is 63.3 Å². The average molecular weight is 720 g/mol. The van der Waals surface area contributed by atoms with Crippen LogP contribution < -0.4 is 42.4 Å². The zero-order chi connectivity index (χ0) is 38.7. The number of para-hydroxylation sites is 4. The van der Waals surface area contributed by atoms with Crippen LogP contribution in [0.25, 0.3) is 0 Å². The molecule has 2 aliphatic heterocycles. The number of benzene rings is 6. The smallest absolute Gasteiger partial charge is 0.251 e. The van der Waals surface area contributed by atoms with Crippen LogP contribution in [0, 0.1) is 0 Å². The number of hydrogen-bond acceptors (Lipinski definition) is 2. The Morgan fingerprint density at radius 3 is 1.15 bits per heavy atom. The number of rotatable bonds is 8. The van der Waals surface area contributed by atoms with Crippen molar-refractivity contribution in [3.05, 3.63) is 149 Å². The summed E-state index contributed by atoms with van der Waals surface area (Å²) in [6.45, 7) is 23.8. The molecular weight excluding hydrogens is 664 g/mol. The summed E-state index contributed by atoms with van der Waals surface area (Å²) in [7, 11) is 0. The van der Waals surface area contributed by atoms with Gasteiger partial charge in [-0.2, -0.15) is 0 Å². The van der Waals surface area contributed by atoms with E-state index in [1.807, 2.05) is 0 Å². The predicted molar refractivity (Wildman–Crippen MR) is 240 cm³/mol. The molecule has 2 nitrogen and oxygen atoms in total. The SMILES string of the molecule is CC(C)c1cc(C(C)C)c(B2c3ccccc3N(c3cc(C(C)C)c(B4c5ccccc5Oc5ccccc54)c(C(C)C)c3)c3ccccc32)c(C(C)C)c1. The van der Waals surface area contributed by atoms with Crippen LogP contribution in [0.5, 0.6) is 11.5 Å². The van der Waals surface area contributed by atoms with Crippen molar-refractivity contribution < 1.29 is 4.74 Å². The lowest BCUT2D eigenvalue weighted by Gasteiger charge is -2.40. The van der Waals surface area contributed by atoms with Crippen molar-refractivity contribution in [1.82, 2.24) is 0 Å². The van der Waals surface area contributed by atoms with Crippen LogP contribution in [0.1, 0.15) is 127 Å². The van der Waals surface area contributed by atoms with Crippen LogP contribution in [0.4, 0.5) is 17.1 Å². The van der Waals surface area contributed by atoms with Gasteiger partial charge in [0.2, 0.25) is 6.71 Å². The van der Waals surface area contributed by atoms with Crippen LogP contribution in [-0.4, -0.2) is 13.4 Å². The summed E-state index contributed by atoms with van der Waals surface area (Å²) in [5.74, 6) is 3.79. The summed E-state index contributed by atoms with van der Waals surface area (Å²) in [6.07, 6.45) is 0. The fraction of sp³-hybridized carbons (Fsp3) is 0.294. The number of ether oxygens (including phenoxy) is 1. The fourth-order valence-corrected chi connectivity index (χ4v) is 9.42. The van der Waals surface area contributed by atoms with Gasteiger partial charge in [-0.15, -0.1) is 0 Å². The molecule has 2 heterocycles. The number of hydrogen-bond donors (Lipinski definition) is 0. The molecule has 0 N–H and O–H groups in total. The van der Waals surface area contributed by atoms with Gasteiger partial charge in [0.05, 0.1) is 0 Å². The highest BCUT2D eigenvalue weighted by molar-refractivity contribution is 6.99. The fourth-order valence-electron chi connectivity index (χ4n) is 9.42. The van der Waals surface area contributed by atoms with Crippen molar-refractivity contribution in [1.29, 1.82) is 0 Å². The van der Waals surface area contributed by atoms with E-state index >= 15 is 0 Å². The van der Waals surface area contributed by atoms with E-state index in [1.165, 1.54) is 77.7 Å². The Morgan fingerprint density at radius 2 is 0.745 bits per heavy atom. The first kappa shape index (κ1) is 37.0. The summed E-state index contributed by atoms with van der Waals surface area (Å²) in [6, 6.07) is 45.8. The second kappa shape index (κ2) is 14.6. The monoisotopic (exact) mass is 719 g/mol. The zero-order valence-corrected chi connectivity index (χ0v) is 34.4. The summed E-state index contributed by atoms with van der Waals surface area (Å²) in [5, 5.41) is 0. The molecule has 0 spiro atoms. The Hall–Kier alpha value is -4.95. The van der Waals surface area contributed by atoms with Gasteiger partial charge in [-0.25, -0.2) is 0 Å². The Kier molecular flexibility index (Phi) is 9.83. The number of anilines is 3. The number of nitrogens with zero attached hydrogens (tertiary/aromatic N) is 1. The molecule has 2 aliphatic rings. The first-order chi connectivity index (χ1) is 26.5. The molecule has 4 heteroatoms. The summed E-state index contributed by atoms with van der Waals surface area (Å²) >= 11 is 0. The van der Waals surface area contributed by atoms with Gasteiger partial charge in [-0.1, -0.05) is 165 Å². The second-order valence-electron chi connectivity index (χ2n) is 17.4. The first-order valence-electron chi connectivity index (χ1n) is 20.6. The Balaban J connectivity index is 1.39. The zero-order valence-electron chi connectivity index (χ0n) is 34.4. The largest absolute Gasteiger partial charge is 0.458 e. The quantitative estimate of drug-likeness (QED) is 0.145. The van der Waals surface area contributed by atoms with Crippen LogP contribution in [0.2, 0.25) is 0 Å². The molecule has 0 aromatic heterocycles. The third kappa shape index (κ3) is 6.32. The van der Waals surface area contributed by atoms with Crippen LogP contribution in [0.15, 0.2) is 121 Å². The van der Waals surface area contributed by atoms with Gasteiger partial charge in [0, 0.05) is 17.1 Å². The van der Waals surface area contributed by atoms with Crippen molar-refractivity contribution in [2.45, 2.75) is 98.8 Å². The third-order valence-electron chi connectivity index (χ3n) is 12.1. The van der Waals surface area contributed by atoms with Gasteiger partial charge in [0.25, 0.3) is 6.71 Å². The Labute approximate surface area is 331 Å². The topological polar surface area (TPSA) is 12.5 Å². The third-order valence-corrected chi connectivity index (χ3v) is 12.1. The molecule has 0 aliphatic carbocycles. The second-order valence-corrected chi connectivity index (χ2v) is 17.4. The van der Waals surface area contributed by atoms with E-state index in [0.29, 0.717) is 29.6 Å². The lowest BCUT2D eigenvalue weighted by molar-refractivity contribution is 0.487. The molecule has 0 radical (unpaired) electrons. The molecule has 8 rings (SSSR count). The molecule has 6 aromatic rings. The minimum absolute atomic E-state index is 0.0769. The summed E-state index contributed by atoms with van der Waals surface area (Å²) in [4.78, 5) is 2.57.